The molecule has 0 fully saturated rings. The lowest BCUT2D eigenvalue weighted by molar-refractivity contribution is 0.0600. The second-order valence-corrected chi connectivity index (χ2v) is 11.1. The SMILES string of the molecule is COC(=O)c1cccc(NS(=O)(=O)c2cccc(C(=O)Nc3sc4c(c3C#N)CC[C@H](C)C4)c2)c1. The third kappa shape index (κ3) is 5.21. The van der Waals surface area contributed by atoms with Crippen molar-refractivity contribution in [3.05, 3.63) is 75.7 Å². The Morgan fingerprint density at radius 2 is 1.89 bits per heavy atom. The van der Waals surface area contributed by atoms with Crippen molar-refractivity contribution in [1.82, 2.24) is 0 Å². The van der Waals surface area contributed by atoms with Gasteiger partial charge in [0, 0.05) is 16.1 Å². The van der Waals surface area contributed by atoms with Crippen molar-refractivity contribution in [2.75, 3.05) is 17.1 Å². The number of carbonyl (C=O) groups is 2. The van der Waals surface area contributed by atoms with E-state index in [1.807, 2.05) is 0 Å². The number of carbonyl (C=O) groups excluding carboxylic acids is 2. The Hall–Kier alpha value is -3.68. The second kappa shape index (κ2) is 9.90. The molecule has 0 radical (unpaired) electrons. The van der Waals surface area contributed by atoms with Crippen LogP contribution in [0.1, 0.15) is 50.1 Å². The minimum atomic E-state index is -4.04. The van der Waals surface area contributed by atoms with Crippen molar-refractivity contribution >= 4 is 43.9 Å². The Balaban J connectivity index is 1.56. The number of ether oxygens (including phenoxy) is 1. The number of hydrogen-bond acceptors (Lipinski definition) is 7. The van der Waals surface area contributed by atoms with E-state index in [2.05, 4.69) is 27.8 Å². The zero-order valence-corrected chi connectivity index (χ0v) is 20.8. The summed E-state index contributed by atoms with van der Waals surface area (Å²) >= 11 is 1.41. The first-order chi connectivity index (χ1) is 16.7. The van der Waals surface area contributed by atoms with Gasteiger partial charge in [-0.15, -0.1) is 11.3 Å². The predicted molar refractivity (Wildman–Crippen MR) is 133 cm³/mol. The van der Waals surface area contributed by atoms with Crippen LogP contribution in [0.5, 0.6) is 0 Å². The molecule has 0 aliphatic heterocycles. The summed E-state index contributed by atoms with van der Waals surface area (Å²) in [7, 11) is -2.81. The van der Waals surface area contributed by atoms with Crippen LogP contribution in [-0.2, 0) is 27.6 Å². The van der Waals surface area contributed by atoms with Crippen molar-refractivity contribution in [2.45, 2.75) is 31.1 Å². The minimum Gasteiger partial charge on any atom is -0.465 e. The van der Waals surface area contributed by atoms with E-state index in [1.54, 1.807) is 0 Å². The fraction of sp³-hybridized carbons (Fsp3) is 0.240. The number of anilines is 2. The van der Waals surface area contributed by atoms with Crippen molar-refractivity contribution in [3.63, 3.8) is 0 Å². The molecule has 1 aliphatic rings. The van der Waals surface area contributed by atoms with E-state index in [4.69, 9.17) is 0 Å². The number of methoxy groups -OCH3 is 1. The summed E-state index contributed by atoms with van der Waals surface area (Å²) in [5.41, 5.74) is 2.00. The molecule has 0 saturated carbocycles. The summed E-state index contributed by atoms with van der Waals surface area (Å²) in [6.45, 7) is 2.17. The Morgan fingerprint density at radius 3 is 2.63 bits per heavy atom. The van der Waals surface area contributed by atoms with Gasteiger partial charge in [-0.1, -0.05) is 19.1 Å². The van der Waals surface area contributed by atoms with Crippen LogP contribution >= 0.6 is 11.3 Å². The smallest absolute Gasteiger partial charge is 0.337 e. The largest absolute Gasteiger partial charge is 0.465 e. The fourth-order valence-electron chi connectivity index (χ4n) is 3.98. The molecule has 0 saturated heterocycles. The lowest BCUT2D eigenvalue weighted by Crippen LogP contribution is -2.16. The molecular weight excluding hydrogens is 486 g/mol. The third-order valence-electron chi connectivity index (χ3n) is 5.79. The number of thiophene rings is 1. The summed E-state index contributed by atoms with van der Waals surface area (Å²) < 4.78 is 33.0. The highest BCUT2D eigenvalue weighted by Crippen LogP contribution is 2.39. The molecule has 4 rings (SSSR count). The van der Waals surface area contributed by atoms with E-state index in [0.717, 1.165) is 29.7 Å². The van der Waals surface area contributed by atoms with Crippen LogP contribution in [0.15, 0.2) is 53.4 Å². The Bertz CT molecular complexity index is 1450. The number of rotatable bonds is 6. The third-order valence-corrected chi connectivity index (χ3v) is 8.34. The molecule has 180 valence electrons. The normalized spacial score (nSPS) is 14.9. The number of nitrogens with zero attached hydrogens (tertiary/aromatic N) is 1. The van der Waals surface area contributed by atoms with Crippen molar-refractivity contribution in [2.24, 2.45) is 5.92 Å². The molecule has 2 aromatic carbocycles. The van der Waals surface area contributed by atoms with Gasteiger partial charge in [-0.2, -0.15) is 5.26 Å². The highest BCUT2D eigenvalue weighted by Gasteiger charge is 2.25. The highest BCUT2D eigenvalue weighted by atomic mass is 32.2. The highest BCUT2D eigenvalue weighted by molar-refractivity contribution is 7.92. The molecule has 1 heterocycles. The van der Waals surface area contributed by atoms with Gasteiger partial charge < -0.3 is 10.1 Å². The molecule has 2 N–H and O–H groups in total. The maximum absolute atomic E-state index is 13.0. The average molecular weight is 510 g/mol. The van der Waals surface area contributed by atoms with Gasteiger partial charge in [0.05, 0.1) is 23.1 Å². The number of esters is 1. The second-order valence-electron chi connectivity index (χ2n) is 8.33. The Labute approximate surface area is 207 Å². The average Bonchev–Trinajstić information content (AvgIpc) is 3.19. The van der Waals surface area contributed by atoms with E-state index >= 15 is 0 Å². The molecule has 8 nitrogen and oxygen atoms in total. The molecule has 1 amide bonds. The topological polar surface area (TPSA) is 125 Å². The van der Waals surface area contributed by atoms with Gasteiger partial charge in [-0.25, -0.2) is 13.2 Å². The Morgan fingerprint density at radius 1 is 1.14 bits per heavy atom. The Kier molecular flexibility index (Phi) is 6.91. The maximum atomic E-state index is 13.0. The molecule has 1 atom stereocenters. The fourth-order valence-corrected chi connectivity index (χ4v) is 6.43. The van der Waals surface area contributed by atoms with Gasteiger partial charge in [-0.3, -0.25) is 9.52 Å². The van der Waals surface area contributed by atoms with Gasteiger partial charge in [0.1, 0.15) is 11.1 Å². The zero-order valence-electron chi connectivity index (χ0n) is 19.1. The first kappa shape index (κ1) is 24.4. The number of sulfonamides is 1. The molecule has 1 aliphatic carbocycles. The van der Waals surface area contributed by atoms with Crippen molar-refractivity contribution < 1.29 is 22.7 Å². The lowest BCUT2D eigenvalue weighted by atomic mass is 9.88. The molecule has 0 spiro atoms. The first-order valence-electron chi connectivity index (χ1n) is 10.9. The summed E-state index contributed by atoms with van der Waals surface area (Å²) in [5, 5.41) is 12.9. The quantitative estimate of drug-likeness (QED) is 0.469. The van der Waals surface area contributed by atoms with Crippen LogP contribution in [0, 0.1) is 17.2 Å². The first-order valence-corrected chi connectivity index (χ1v) is 13.2. The molecule has 0 unspecified atom stereocenters. The molecule has 0 bridgehead atoms. The van der Waals surface area contributed by atoms with Crippen LogP contribution in [0.3, 0.4) is 0 Å². The molecule has 35 heavy (non-hydrogen) atoms. The van der Waals surface area contributed by atoms with Gasteiger partial charge in [0.2, 0.25) is 0 Å². The van der Waals surface area contributed by atoms with E-state index in [0.29, 0.717) is 16.5 Å². The van der Waals surface area contributed by atoms with E-state index in [1.165, 1.54) is 67.0 Å². The van der Waals surface area contributed by atoms with Gasteiger partial charge >= 0.3 is 5.97 Å². The van der Waals surface area contributed by atoms with Crippen LogP contribution in [0.2, 0.25) is 0 Å². The van der Waals surface area contributed by atoms with E-state index in [9.17, 15) is 23.3 Å². The maximum Gasteiger partial charge on any atom is 0.337 e. The summed E-state index contributed by atoms with van der Waals surface area (Å²) in [4.78, 5) is 25.7. The summed E-state index contributed by atoms with van der Waals surface area (Å²) in [5.74, 6) is -0.567. The summed E-state index contributed by atoms with van der Waals surface area (Å²) in [6, 6.07) is 13.7. The van der Waals surface area contributed by atoms with Crippen LogP contribution in [-0.4, -0.2) is 27.4 Å². The number of amides is 1. The zero-order chi connectivity index (χ0) is 25.2. The van der Waals surface area contributed by atoms with Crippen molar-refractivity contribution in [1.29, 1.82) is 5.26 Å². The number of fused-ring (bicyclic) bond motifs is 1. The monoisotopic (exact) mass is 509 g/mol. The lowest BCUT2D eigenvalue weighted by Gasteiger charge is -2.17. The van der Waals surface area contributed by atoms with E-state index in [-0.39, 0.29) is 21.7 Å². The molecule has 1 aromatic heterocycles. The van der Waals surface area contributed by atoms with Gasteiger partial charge in [-0.05, 0) is 67.1 Å². The number of hydrogen-bond donors (Lipinski definition) is 2. The van der Waals surface area contributed by atoms with Crippen LogP contribution < -0.4 is 10.0 Å². The molecule has 10 heteroatoms. The molecule has 3 aromatic rings. The van der Waals surface area contributed by atoms with Gasteiger partial charge in [0.25, 0.3) is 15.9 Å². The van der Waals surface area contributed by atoms with Crippen LogP contribution in [0.4, 0.5) is 10.7 Å². The number of nitrogens with one attached hydrogen (secondary N) is 2. The predicted octanol–water partition coefficient (Wildman–Crippen LogP) is 4.58. The van der Waals surface area contributed by atoms with Crippen LogP contribution in [0.25, 0.3) is 0 Å². The number of benzene rings is 2. The van der Waals surface area contributed by atoms with Gasteiger partial charge in [0.15, 0.2) is 0 Å². The summed E-state index contributed by atoms with van der Waals surface area (Å²) in [6.07, 6.45) is 2.69. The van der Waals surface area contributed by atoms with E-state index < -0.39 is 21.9 Å². The minimum absolute atomic E-state index is 0.117. The number of nitriles is 1. The van der Waals surface area contributed by atoms with Crippen molar-refractivity contribution in [3.8, 4) is 6.07 Å². The standard InChI is InChI=1S/C25H23N3O5S2/c1-15-9-10-20-21(14-26)24(34-22(20)11-15)27-23(29)16-5-4-8-19(13-16)35(31,32)28-18-7-3-6-17(12-18)25(30)33-2/h3-8,12-13,15,28H,9-11H2,1-2H3,(H,27,29)/t15-/m0/s1. The molecular formula is C25H23N3O5S2.